The molecule has 2 atom stereocenters. The molecule has 3 nitrogen and oxygen atoms in total. The first kappa shape index (κ1) is 10.4. The SMILES string of the molecule is CC1CCCCC12CN=C(N)N2CC1CC1. The largest absolute Gasteiger partial charge is 0.370 e. The summed E-state index contributed by atoms with van der Waals surface area (Å²) < 4.78 is 0. The van der Waals surface area contributed by atoms with E-state index in [4.69, 9.17) is 5.73 Å². The minimum absolute atomic E-state index is 0.297. The maximum atomic E-state index is 6.10. The molecule has 0 saturated heterocycles. The topological polar surface area (TPSA) is 41.6 Å². The van der Waals surface area contributed by atoms with E-state index >= 15 is 0 Å². The molecule has 16 heavy (non-hydrogen) atoms. The maximum Gasteiger partial charge on any atom is 0.191 e. The van der Waals surface area contributed by atoms with Crippen molar-refractivity contribution < 1.29 is 0 Å². The van der Waals surface area contributed by atoms with Crippen LogP contribution in [0.15, 0.2) is 4.99 Å². The summed E-state index contributed by atoms with van der Waals surface area (Å²) in [5.41, 5.74) is 6.40. The highest BCUT2D eigenvalue weighted by Gasteiger charge is 2.48. The van der Waals surface area contributed by atoms with E-state index in [1.807, 2.05) is 0 Å². The maximum absolute atomic E-state index is 6.10. The molecule has 3 rings (SSSR count). The Morgan fingerprint density at radius 1 is 1.38 bits per heavy atom. The second kappa shape index (κ2) is 3.64. The molecule has 2 aliphatic carbocycles. The lowest BCUT2D eigenvalue weighted by molar-refractivity contribution is 0.0796. The summed E-state index contributed by atoms with van der Waals surface area (Å²) in [6.45, 7) is 4.51. The van der Waals surface area contributed by atoms with Crippen LogP contribution < -0.4 is 5.73 Å². The van der Waals surface area contributed by atoms with Gasteiger partial charge in [0.15, 0.2) is 5.96 Å². The monoisotopic (exact) mass is 221 g/mol. The van der Waals surface area contributed by atoms with Crippen molar-refractivity contribution in [2.24, 2.45) is 22.6 Å². The van der Waals surface area contributed by atoms with Crippen LogP contribution in [0, 0.1) is 11.8 Å². The summed E-state index contributed by atoms with van der Waals surface area (Å²) in [5.74, 6) is 2.48. The fraction of sp³-hybridized carbons (Fsp3) is 0.923. The van der Waals surface area contributed by atoms with Crippen LogP contribution >= 0.6 is 0 Å². The summed E-state index contributed by atoms with van der Waals surface area (Å²) in [4.78, 5) is 7.01. The lowest BCUT2D eigenvalue weighted by Crippen LogP contribution is -2.57. The van der Waals surface area contributed by atoms with E-state index in [9.17, 15) is 0 Å². The van der Waals surface area contributed by atoms with Crippen molar-refractivity contribution in [1.82, 2.24) is 4.90 Å². The van der Waals surface area contributed by atoms with Crippen molar-refractivity contribution >= 4 is 5.96 Å². The van der Waals surface area contributed by atoms with Crippen LogP contribution in [0.2, 0.25) is 0 Å². The molecule has 3 heteroatoms. The molecule has 0 aromatic rings. The van der Waals surface area contributed by atoms with Crippen molar-refractivity contribution in [3.8, 4) is 0 Å². The molecule has 0 aromatic heterocycles. The first-order valence-electron chi connectivity index (χ1n) is 6.80. The highest BCUT2D eigenvalue weighted by molar-refractivity contribution is 5.81. The molecule has 2 unspecified atom stereocenters. The standard InChI is InChI=1S/C13H23N3/c1-10-4-2-3-7-13(10)9-15-12(14)16(13)8-11-5-6-11/h10-11H,2-9H2,1H3,(H2,14,15). The number of hydrogen-bond acceptors (Lipinski definition) is 3. The van der Waals surface area contributed by atoms with Crippen LogP contribution in [0.25, 0.3) is 0 Å². The van der Waals surface area contributed by atoms with E-state index in [0.29, 0.717) is 5.54 Å². The van der Waals surface area contributed by atoms with Gasteiger partial charge in [-0.25, -0.2) is 0 Å². The molecule has 2 saturated carbocycles. The zero-order chi connectivity index (χ0) is 11.2. The van der Waals surface area contributed by atoms with E-state index in [1.54, 1.807) is 0 Å². The van der Waals surface area contributed by atoms with Gasteiger partial charge in [0.05, 0.1) is 12.1 Å². The first-order valence-corrected chi connectivity index (χ1v) is 6.80. The Kier molecular flexibility index (Phi) is 2.37. The zero-order valence-electron chi connectivity index (χ0n) is 10.3. The lowest BCUT2D eigenvalue weighted by atomic mass is 9.73. The Morgan fingerprint density at radius 3 is 2.88 bits per heavy atom. The summed E-state index contributed by atoms with van der Waals surface area (Å²) in [6, 6.07) is 0. The summed E-state index contributed by atoms with van der Waals surface area (Å²) >= 11 is 0. The Balaban J connectivity index is 1.81. The molecule has 90 valence electrons. The smallest absolute Gasteiger partial charge is 0.191 e. The number of nitrogens with two attached hydrogens (primary N) is 1. The summed E-state index contributed by atoms with van der Waals surface area (Å²) in [7, 11) is 0. The van der Waals surface area contributed by atoms with Gasteiger partial charge in [-0.1, -0.05) is 19.8 Å². The molecule has 0 amide bonds. The van der Waals surface area contributed by atoms with Crippen LogP contribution in [0.3, 0.4) is 0 Å². The van der Waals surface area contributed by atoms with E-state index < -0.39 is 0 Å². The molecule has 2 fully saturated rings. The van der Waals surface area contributed by atoms with Gasteiger partial charge in [0.1, 0.15) is 0 Å². The minimum atomic E-state index is 0.297. The number of rotatable bonds is 2. The summed E-state index contributed by atoms with van der Waals surface area (Å²) in [6.07, 6.45) is 8.19. The van der Waals surface area contributed by atoms with Gasteiger partial charge in [0.2, 0.25) is 0 Å². The molecule has 0 bridgehead atoms. The fourth-order valence-electron chi connectivity index (χ4n) is 3.48. The van der Waals surface area contributed by atoms with E-state index in [-0.39, 0.29) is 0 Å². The molecular weight excluding hydrogens is 198 g/mol. The second-order valence-electron chi connectivity index (χ2n) is 5.98. The first-order chi connectivity index (χ1) is 7.72. The Labute approximate surface area is 98.1 Å². The molecule has 0 radical (unpaired) electrons. The summed E-state index contributed by atoms with van der Waals surface area (Å²) in [5, 5.41) is 0. The van der Waals surface area contributed by atoms with Crippen molar-refractivity contribution in [1.29, 1.82) is 0 Å². The number of aliphatic imine (C=N–C) groups is 1. The Bertz CT molecular complexity index is 308. The van der Waals surface area contributed by atoms with Crippen LogP contribution in [-0.2, 0) is 0 Å². The van der Waals surface area contributed by atoms with E-state index in [1.165, 1.54) is 45.1 Å². The molecule has 2 N–H and O–H groups in total. The van der Waals surface area contributed by atoms with Crippen molar-refractivity contribution in [2.45, 2.75) is 51.0 Å². The van der Waals surface area contributed by atoms with Crippen LogP contribution in [0.1, 0.15) is 45.4 Å². The number of hydrogen-bond donors (Lipinski definition) is 1. The molecule has 3 aliphatic rings. The molecule has 1 heterocycles. The van der Waals surface area contributed by atoms with Crippen molar-refractivity contribution in [3.63, 3.8) is 0 Å². The Hall–Kier alpha value is -0.730. The Morgan fingerprint density at radius 2 is 2.19 bits per heavy atom. The van der Waals surface area contributed by atoms with Gasteiger partial charge in [0, 0.05) is 6.54 Å². The minimum Gasteiger partial charge on any atom is -0.370 e. The third-order valence-electron chi connectivity index (χ3n) is 4.88. The van der Waals surface area contributed by atoms with Gasteiger partial charge in [0.25, 0.3) is 0 Å². The van der Waals surface area contributed by atoms with Gasteiger partial charge in [-0.05, 0) is 37.5 Å². The second-order valence-corrected chi connectivity index (χ2v) is 5.98. The lowest BCUT2D eigenvalue weighted by Gasteiger charge is -2.46. The van der Waals surface area contributed by atoms with Gasteiger partial charge >= 0.3 is 0 Å². The third kappa shape index (κ3) is 1.52. The van der Waals surface area contributed by atoms with Gasteiger partial charge in [-0.2, -0.15) is 0 Å². The molecular formula is C13H23N3. The van der Waals surface area contributed by atoms with E-state index in [0.717, 1.165) is 24.3 Å². The van der Waals surface area contributed by atoms with E-state index in [2.05, 4.69) is 16.8 Å². The molecule has 1 aliphatic heterocycles. The van der Waals surface area contributed by atoms with Crippen LogP contribution in [-0.4, -0.2) is 29.5 Å². The van der Waals surface area contributed by atoms with Crippen LogP contribution in [0.5, 0.6) is 0 Å². The normalized spacial score (nSPS) is 39.2. The fourth-order valence-corrected chi connectivity index (χ4v) is 3.48. The van der Waals surface area contributed by atoms with Crippen molar-refractivity contribution in [2.75, 3.05) is 13.1 Å². The highest BCUT2D eigenvalue weighted by atomic mass is 15.4. The predicted octanol–water partition coefficient (Wildman–Crippen LogP) is 1.98. The van der Waals surface area contributed by atoms with Crippen molar-refractivity contribution in [3.05, 3.63) is 0 Å². The average molecular weight is 221 g/mol. The number of guanidine groups is 1. The quantitative estimate of drug-likeness (QED) is 0.774. The third-order valence-corrected chi connectivity index (χ3v) is 4.88. The number of nitrogens with zero attached hydrogens (tertiary/aromatic N) is 2. The van der Waals surface area contributed by atoms with Crippen LogP contribution in [0.4, 0.5) is 0 Å². The molecule has 1 spiro atoms. The van der Waals surface area contributed by atoms with Gasteiger partial charge in [-0.15, -0.1) is 0 Å². The van der Waals surface area contributed by atoms with Gasteiger partial charge < -0.3 is 10.6 Å². The van der Waals surface area contributed by atoms with Gasteiger partial charge in [-0.3, -0.25) is 4.99 Å². The highest BCUT2D eigenvalue weighted by Crippen LogP contribution is 2.43. The average Bonchev–Trinajstić information content (AvgIpc) is 3.04. The zero-order valence-corrected chi connectivity index (χ0v) is 10.3. The molecule has 0 aromatic carbocycles. The predicted molar refractivity (Wildman–Crippen MR) is 66.3 cm³/mol.